The van der Waals surface area contributed by atoms with Gasteiger partial charge in [-0.3, -0.25) is 4.79 Å². The lowest BCUT2D eigenvalue weighted by molar-refractivity contribution is -0.904. The lowest BCUT2D eigenvalue weighted by Gasteiger charge is -2.23. The maximum atomic E-state index is 12.7. The van der Waals surface area contributed by atoms with Crippen LogP contribution in [0.1, 0.15) is 36.0 Å². The maximum absolute atomic E-state index is 12.7. The van der Waals surface area contributed by atoms with E-state index in [0.29, 0.717) is 12.1 Å². The summed E-state index contributed by atoms with van der Waals surface area (Å²) in [7, 11) is 0. The number of likely N-dealkylation sites (tertiary alicyclic amines) is 1. The second kappa shape index (κ2) is 7.24. The van der Waals surface area contributed by atoms with Crippen LogP contribution in [-0.4, -0.2) is 32.1 Å². The van der Waals surface area contributed by atoms with E-state index in [1.807, 2.05) is 0 Å². The van der Waals surface area contributed by atoms with Crippen molar-refractivity contribution >= 4 is 5.91 Å². The van der Waals surface area contributed by atoms with Crippen LogP contribution in [0.3, 0.4) is 0 Å². The molecule has 1 amide bonds. The fourth-order valence-electron chi connectivity index (χ4n) is 2.55. The lowest BCUT2D eigenvalue weighted by Crippen LogP contribution is -3.12. The summed E-state index contributed by atoms with van der Waals surface area (Å²) in [6, 6.07) is 5.65. The van der Waals surface area contributed by atoms with Crippen molar-refractivity contribution < 1.29 is 14.1 Å². The molecule has 1 aliphatic heterocycles. The summed E-state index contributed by atoms with van der Waals surface area (Å²) >= 11 is 0. The zero-order valence-electron chi connectivity index (χ0n) is 11.3. The minimum Gasteiger partial charge on any atom is -0.352 e. The van der Waals surface area contributed by atoms with E-state index in [1.54, 1.807) is 4.90 Å². The van der Waals surface area contributed by atoms with Crippen molar-refractivity contribution in [2.24, 2.45) is 0 Å². The third-order valence-electron chi connectivity index (χ3n) is 3.66. The lowest BCUT2D eigenvalue weighted by atomic mass is 10.1. The molecule has 19 heavy (non-hydrogen) atoms. The van der Waals surface area contributed by atoms with Crippen molar-refractivity contribution in [1.29, 1.82) is 0 Å². The Kier molecular flexibility index (Phi) is 5.33. The van der Waals surface area contributed by atoms with Crippen molar-refractivity contribution in [3.8, 4) is 0 Å². The van der Waals surface area contributed by atoms with Gasteiger partial charge in [0.25, 0.3) is 5.91 Å². The normalized spacial score (nSPS) is 16.3. The van der Waals surface area contributed by atoms with Crippen LogP contribution in [-0.2, 0) is 0 Å². The van der Waals surface area contributed by atoms with Gasteiger partial charge in [0.2, 0.25) is 0 Å². The summed E-state index contributed by atoms with van der Waals surface area (Å²) in [6.07, 6.45) is 5.03. The van der Waals surface area contributed by atoms with Gasteiger partial charge in [-0.2, -0.15) is 0 Å². The van der Waals surface area contributed by atoms with Gasteiger partial charge in [0.15, 0.2) is 0 Å². The number of carbonyl (C=O) groups is 1. The summed E-state index contributed by atoms with van der Waals surface area (Å²) in [4.78, 5) is 13.4. The topological polar surface area (TPSA) is 33.5 Å². The standard InChI is InChI=1S/C15H21FN2O/c16-14-7-5-13(6-8-14)15(19)17-9-4-12-18-10-2-1-3-11-18/h5-8H,1-4,9-12H2,(H,17,19)/p+1. The SMILES string of the molecule is O=C(NCCC[NH+]1CCCCC1)c1ccc(F)cc1. The molecule has 3 nitrogen and oxygen atoms in total. The number of hydrogen-bond donors (Lipinski definition) is 2. The highest BCUT2D eigenvalue weighted by Crippen LogP contribution is 2.02. The number of nitrogens with one attached hydrogen (secondary N) is 2. The van der Waals surface area contributed by atoms with Gasteiger partial charge in [0, 0.05) is 18.5 Å². The first-order valence-corrected chi connectivity index (χ1v) is 7.13. The summed E-state index contributed by atoms with van der Waals surface area (Å²) in [6.45, 7) is 4.36. The number of carbonyl (C=O) groups excluding carboxylic acids is 1. The predicted octanol–water partition coefficient (Wildman–Crippen LogP) is 1.01. The average molecular weight is 265 g/mol. The molecule has 0 bridgehead atoms. The number of amides is 1. The van der Waals surface area contributed by atoms with Crippen LogP contribution in [0.25, 0.3) is 0 Å². The van der Waals surface area contributed by atoms with E-state index in [4.69, 9.17) is 0 Å². The first-order chi connectivity index (χ1) is 9.25. The number of benzene rings is 1. The van der Waals surface area contributed by atoms with E-state index < -0.39 is 0 Å². The van der Waals surface area contributed by atoms with E-state index in [1.165, 1.54) is 56.6 Å². The number of halogens is 1. The van der Waals surface area contributed by atoms with Gasteiger partial charge in [-0.15, -0.1) is 0 Å². The summed E-state index contributed by atoms with van der Waals surface area (Å²) in [5.41, 5.74) is 0.520. The second-order valence-corrected chi connectivity index (χ2v) is 5.18. The van der Waals surface area contributed by atoms with Gasteiger partial charge in [0.1, 0.15) is 5.82 Å². The molecule has 4 heteroatoms. The molecule has 104 valence electrons. The highest BCUT2D eigenvalue weighted by atomic mass is 19.1. The van der Waals surface area contributed by atoms with Gasteiger partial charge in [0.05, 0.1) is 19.6 Å². The average Bonchev–Trinajstić information content (AvgIpc) is 2.45. The Morgan fingerprint density at radius 3 is 2.53 bits per heavy atom. The number of hydrogen-bond acceptors (Lipinski definition) is 1. The van der Waals surface area contributed by atoms with E-state index in [9.17, 15) is 9.18 Å². The second-order valence-electron chi connectivity index (χ2n) is 5.18. The molecule has 0 spiro atoms. The summed E-state index contributed by atoms with van der Waals surface area (Å²) in [5, 5.41) is 2.88. The molecule has 1 aromatic rings. The molecular formula is C15H22FN2O+. The van der Waals surface area contributed by atoms with Crippen LogP contribution < -0.4 is 10.2 Å². The van der Waals surface area contributed by atoms with Gasteiger partial charge < -0.3 is 10.2 Å². The highest BCUT2D eigenvalue weighted by molar-refractivity contribution is 5.94. The maximum Gasteiger partial charge on any atom is 0.251 e. The Hall–Kier alpha value is -1.42. The Balaban J connectivity index is 1.64. The molecule has 1 aliphatic rings. The zero-order valence-corrected chi connectivity index (χ0v) is 11.3. The van der Waals surface area contributed by atoms with E-state index in [-0.39, 0.29) is 11.7 Å². The van der Waals surface area contributed by atoms with Crippen LogP contribution in [0.2, 0.25) is 0 Å². The molecule has 1 fully saturated rings. The minimum absolute atomic E-state index is 0.117. The molecule has 0 saturated carbocycles. The quantitative estimate of drug-likeness (QED) is 0.766. The summed E-state index contributed by atoms with van der Waals surface area (Å²) < 4.78 is 12.7. The smallest absolute Gasteiger partial charge is 0.251 e. The van der Waals surface area contributed by atoms with Crippen molar-refractivity contribution in [2.45, 2.75) is 25.7 Å². The molecule has 0 aliphatic carbocycles. The zero-order chi connectivity index (χ0) is 13.5. The van der Waals surface area contributed by atoms with Crippen LogP contribution in [0, 0.1) is 5.82 Å². The third kappa shape index (κ3) is 4.63. The van der Waals surface area contributed by atoms with Gasteiger partial charge >= 0.3 is 0 Å². The first kappa shape index (κ1) is 14.0. The van der Waals surface area contributed by atoms with Crippen LogP contribution in [0.4, 0.5) is 4.39 Å². The van der Waals surface area contributed by atoms with Gasteiger partial charge in [-0.05, 0) is 43.5 Å². The van der Waals surface area contributed by atoms with Crippen molar-refractivity contribution in [1.82, 2.24) is 5.32 Å². The van der Waals surface area contributed by atoms with Crippen LogP contribution in [0.15, 0.2) is 24.3 Å². The van der Waals surface area contributed by atoms with Crippen LogP contribution >= 0.6 is 0 Å². The molecule has 0 aromatic heterocycles. The van der Waals surface area contributed by atoms with Crippen molar-refractivity contribution in [3.63, 3.8) is 0 Å². The molecule has 2 rings (SSSR count). The molecule has 1 aromatic carbocycles. The molecule has 2 N–H and O–H groups in total. The molecule has 0 atom stereocenters. The van der Waals surface area contributed by atoms with Crippen molar-refractivity contribution in [2.75, 3.05) is 26.2 Å². The highest BCUT2D eigenvalue weighted by Gasteiger charge is 2.12. The third-order valence-corrected chi connectivity index (χ3v) is 3.66. The van der Waals surface area contributed by atoms with E-state index in [2.05, 4.69) is 5.32 Å². The Morgan fingerprint density at radius 1 is 1.16 bits per heavy atom. The van der Waals surface area contributed by atoms with Crippen LogP contribution in [0.5, 0.6) is 0 Å². The summed E-state index contributed by atoms with van der Waals surface area (Å²) in [5.74, 6) is -0.432. The monoisotopic (exact) mass is 265 g/mol. The molecule has 0 unspecified atom stereocenters. The Bertz CT molecular complexity index is 399. The number of rotatable bonds is 5. The molecular weight excluding hydrogens is 243 g/mol. The largest absolute Gasteiger partial charge is 0.352 e. The number of piperidine rings is 1. The molecule has 0 radical (unpaired) electrons. The van der Waals surface area contributed by atoms with Crippen molar-refractivity contribution in [3.05, 3.63) is 35.6 Å². The Morgan fingerprint density at radius 2 is 1.84 bits per heavy atom. The fraction of sp³-hybridized carbons (Fsp3) is 0.533. The minimum atomic E-state index is -0.315. The number of quaternary nitrogens is 1. The fourth-order valence-corrected chi connectivity index (χ4v) is 2.55. The predicted molar refractivity (Wildman–Crippen MR) is 72.8 cm³/mol. The molecule has 1 heterocycles. The van der Waals surface area contributed by atoms with E-state index >= 15 is 0 Å². The van der Waals surface area contributed by atoms with Gasteiger partial charge in [-0.25, -0.2) is 4.39 Å². The van der Waals surface area contributed by atoms with Gasteiger partial charge in [-0.1, -0.05) is 0 Å². The molecule has 1 saturated heterocycles. The Labute approximate surface area is 113 Å². The van der Waals surface area contributed by atoms with E-state index in [0.717, 1.165) is 13.0 Å². The first-order valence-electron chi connectivity index (χ1n) is 7.13.